The maximum Gasteiger partial charge on any atom is 0.306 e. The molecule has 0 aromatic carbocycles. The maximum atomic E-state index is 12.6. The molecule has 0 aromatic heterocycles. The summed E-state index contributed by atoms with van der Waals surface area (Å²) in [5.74, 6) is -0.351. The van der Waals surface area contributed by atoms with E-state index < -0.39 is 43.4 Å². The highest BCUT2D eigenvalue weighted by molar-refractivity contribution is 5.69. The van der Waals surface area contributed by atoms with Gasteiger partial charge in [0.2, 0.25) is 0 Å². The van der Waals surface area contributed by atoms with Crippen LogP contribution in [0.4, 0.5) is 0 Å². The second-order valence-electron chi connectivity index (χ2n) is 12.3. The van der Waals surface area contributed by atoms with Crippen molar-refractivity contribution in [1.29, 1.82) is 0 Å². The number of carbonyl (C=O) groups is 1. The van der Waals surface area contributed by atoms with Crippen molar-refractivity contribution in [3.05, 3.63) is 60.8 Å². The van der Waals surface area contributed by atoms with Crippen LogP contribution in [0.2, 0.25) is 0 Å². The first-order valence-corrected chi connectivity index (χ1v) is 18.4. The fourth-order valence-corrected chi connectivity index (χ4v) is 5.04. The molecular weight excluding hydrogens is 612 g/mol. The molecule has 1 heterocycles. The molecule has 1 fully saturated rings. The summed E-state index contributed by atoms with van der Waals surface area (Å²) in [6.45, 7) is 4.31. The molecule has 0 saturated carbocycles. The Hall–Kier alpha value is -2.11. The highest BCUT2D eigenvalue weighted by Crippen LogP contribution is 2.22. The van der Waals surface area contributed by atoms with E-state index in [4.69, 9.17) is 18.9 Å². The molecule has 4 N–H and O–H groups in total. The van der Waals surface area contributed by atoms with Crippen LogP contribution < -0.4 is 0 Å². The minimum atomic E-state index is -1.54. The van der Waals surface area contributed by atoms with Crippen LogP contribution in [0.15, 0.2) is 60.8 Å². The molecule has 0 aliphatic carbocycles. The van der Waals surface area contributed by atoms with E-state index in [-0.39, 0.29) is 25.6 Å². The number of unbranched alkanes of at least 4 members (excludes halogenated alkanes) is 8. The first-order valence-electron chi connectivity index (χ1n) is 18.4. The normalized spacial score (nSPS) is 22.7. The van der Waals surface area contributed by atoms with E-state index in [1.54, 1.807) is 0 Å². The first-order chi connectivity index (χ1) is 23.4. The second kappa shape index (κ2) is 30.9. The third kappa shape index (κ3) is 22.5. The summed E-state index contributed by atoms with van der Waals surface area (Å²) >= 11 is 0. The lowest BCUT2D eigenvalue weighted by molar-refractivity contribution is -0.305. The van der Waals surface area contributed by atoms with Crippen LogP contribution in [0.3, 0.4) is 0 Å². The molecular formula is C39H66O9. The average molecular weight is 679 g/mol. The molecule has 9 heteroatoms. The number of esters is 1. The van der Waals surface area contributed by atoms with Gasteiger partial charge in [-0.15, -0.1) is 0 Å². The van der Waals surface area contributed by atoms with Gasteiger partial charge in [0, 0.05) is 13.0 Å². The topological polar surface area (TPSA) is 135 Å². The van der Waals surface area contributed by atoms with Crippen LogP contribution in [0, 0.1) is 0 Å². The van der Waals surface area contributed by atoms with Gasteiger partial charge in [-0.05, 0) is 57.8 Å². The summed E-state index contributed by atoms with van der Waals surface area (Å²) in [5.41, 5.74) is 0. The maximum absolute atomic E-state index is 12.6. The van der Waals surface area contributed by atoms with E-state index in [9.17, 15) is 25.2 Å². The number of hydrogen-bond donors (Lipinski definition) is 4. The van der Waals surface area contributed by atoms with E-state index >= 15 is 0 Å². The van der Waals surface area contributed by atoms with Crippen molar-refractivity contribution >= 4 is 5.97 Å². The van der Waals surface area contributed by atoms with E-state index in [0.717, 1.165) is 70.6 Å². The Labute approximate surface area is 290 Å². The Balaban J connectivity index is 2.32. The SMILES string of the molecule is CC/C=C\C/C=C\C/C=C\C/C=C\C/C=C\CCCCCC(=O)OC(COCCCCCCCC)COC1OC(CO)C(O)C(O)C1O. The van der Waals surface area contributed by atoms with Gasteiger partial charge in [-0.25, -0.2) is 0 Å². The minimum absolute atomic E-state index is 0.127. The van der Waals surface area contributed by atoms with Gasteiger partial charge in [-0.2, -0.15) is 0 Å². The quantitative estimate of drug-likeness (QED) is 0.0383. The Morgan fingerprint density at radius 1 is 0.688 bits per heavy atom. The minimum Gasteiger partial charge on any atom is -0.457 e. The van der Waals surface area contributed by atoms with Crippen molar-refractivity contribution in [3.63, 3.8) is 0 Å². The number of aliphatic hydroxyl groups excluding tert-OH is 4. The predicted molar refractivity (Wildman–Crippen MR) is 191 cm³/mol. The monoisotopic (exact) mass is 678 g/mol. The zero-order chi connectivity index (χ0) is 35.1. The summed E-state index contributed by atoms with van der Waals surface area (Å²) in [7, 11) is 0. The Bertz CT molecular complexity index is 911. The van der Waals surface area contributed by atoms with Gasteiger partial charge in [-0.1, -0.05) is 113 Å². The lowest BCUT2D eigenvalue weighted by Gasteiger charge is -2.39. The highest BCUT2D eigenvalue weighted by Gasteiger charge is 2.44. The predicted octanol–water partition coefficient (Wildman–Crippen LogP) is 6.79. The molecule has 6 unspecified atom stereocenters. The van der Waals surface area contributed by atoms with E-state index in [1.807, 2.05) is 0 Å². The van der Waals surface area contributed by atoms with Gasteiger partial charge in [0.1, 0.15) is 30.5 Å². The largest absolute Gasteiger partial charge is 0.457 e. The lowest BCUT2D eigenvalue weighted by atomic mass is 9.99. The molecule has 48 heavy (non-hydrogen) atoms. The standard InChI is InChI=1S/C39H66O9/c1-3-5-7-9-11-12-13-14-15-16-17-18-19-20-21-22-23-24-26-28-35(41)47-33(31-45-29-27-25-10-8-6-4-2)32-46-39-38(44)37(43)36(42)34(30-40)48-39/h5,7,11-12,14-15,17-18,20-21,33-34,36-40,42-44H,3-4,6,8-10,13,16,19,22-32H2,1-2H3/b7-5-,12-11-,15-14-,18-17-,21-20-. The van der Waals surface area contributed by atoms with Crippen molar-refractivity contribution in [1.82, 2.24) is 0 Å². The van der Waals surface area contributed by atoms with E-state index in [1.165, 1.54) is 19.3 Å². The van der Waals surface area contributed by atoms with Crippen LogP contribution in [0.5, 0.6) is 0 Å². The summed E-state index contributed by atoms with van der Waals surface area (Å²) in [5, 5.41) is 39.8. The third-order valence-corrected chi connectivity index (χ3v) is 7.95. The van der Waals surface area contributed by atoms with Crippen LogP contribution in [-0.4, -0.2) is 89.6 Å². The number of ether oxygens (including phenoxy) is 4. The summed E-state index contributed by atoms with van der Waals surface area (Å²) in [6.07, 6.45) is 29.8. The van der Waals surface area contributed by atoms with Crippen molar-refractivity contribution in [2.75, 3.05) is 26.4 Å². The number of rotatable bonds is 29. The molecule has 9 nitrogen and oxygen atoms in total. The zero-order valence-corrected chi connectivity index (χ0v) is 29.7. The first kappa shape index (κ1) is 43.9. The molecule has 1 aliphatic rings. The van der Waals surface area contributed by atoms with Crippen LogP contribution in [-0.2, 0) is 23.7 Å². The number of hydrogen-bond acceptors (Lipinski definition) is 9. The smallest absolute Gasteiger partial charge is 0.306 e. The van der Waals surface area contributed by atoms with Gasteiger partial charge in [0.15, 0.2) is 6.29 Å². The second-order valence-corrected chi connectivity index (χ2v) is 12.3. The Kier molecular flexibility index (Phi) is 28.3. The molecule has 0 amide bonds. The molecule has 1 saturated heterocycles. The van der Waals surface area contributed by atoms with E-state index in [0.29, 0.717) is 13.0 Å². The number of allylic oxidation sites excluding steroid dienone is 10. The molecule has 0 radical (unpaired) electrons. The lowest BCUT2D eigenvalue weighted by Crippen LogP contribution is -2.59. The fraction of sp³-hybridized carbons (Fsp3) is 0.718. The zero-order valence-electron chi connectivity index (χ0n) is 29.7. The Morgan fingerprint density at radius 2 is 1.27 bits per heavy atom. The molecule has 276 valence electrons. The molecule has 1 aliphatic heterocycles. The van der Waals surface area contributed by atoms with Gasteiger partial charge in [0.05, 0.1) is 19.8 Å². The number of aliphatic hydroxyl groups is 4. The van der Waals surface area contributed by atoms with Gasteiger partial charge < -0.3 is 39.4 Å². The highest BCUT2D eigenvalue weighted by atomic mass is 16.7. The average Bonchev–Trinajstić information content (AvgIpc) is 3.08. The summed E-state index contributed by atoms with van der Waals surface area (Å²) < 4.78 is 22.5. The van der Waals surface area contributed by atoms with Crippen molar-refractivity contribution in [2.24, 2.45) is 0 Å². The van der Waals surface area contributed by atoms with E-state index in [2.05, 4.69) is 74.6 Å². The van der Waals surface area contributed by atoms with Crippen LogP contribution >= 0.6 is 0 Å². The Morgan fingerprint density at radius 3 is 1.90 bits per heavy atom. The van der Waals surface area contributed by atoms with Gasteiger partial charge in [-0.3, -0.25) is 4.79 Å². The summed E-state index contributed by atoms with van der Waals surface area (Å²) in [4.78, 5) is 12.6. The molecule has 0 bridgehead atoms. The molecule has 6 atom stereocenters. The number of carbonyl (C=O) groups excluding carboxylic acids is 1. The van der Waals surface area contributed by atoms with Crippen molar-refractivity contribution in [3.8, 4) is 0 Å². The molecule has 0 spiro atoms. The van der Waals surface area contributed by atoms with Gasteiger partial charge in [0.25, 0.3) is 0 Å². The molecule has 0 aromatic rings. The van der Waals surface area contributed by atoms with Crippen LogP contribution in [0.25, 0.3) is 0 Å². The van der Waals surface area contributed by atoms with Gasteiger partial charge >= 0.3 is 5.97 Å². The van der Waals surface area contributed by atoms with Crippen molar-refractivity contribution in [2.45, 2.75) is 153 Å². The summed E-state index contributed by atoms with van der Waals surface area (Å²) in [6, 6.07) is 0. The van der Waals surface area contributed by atoms with Crippen LogP contribution in [0.1, 0.15) is 117 Å². The van der Waals surface area contributed by atoms with Crippen molar-refractivity contribution < 1.29 is 44.2 Å². The fourth-order valence-electron chi connectivity index (χ4n) is 5.04. The third-order valence-electron chi connectivity index (χ3n) is 7.95. The molecule has 1 rings (SSSR count).